The van der Waals surface area contributed by atoms with Crippen LogP contribution in [0.1, 0.15) is 27.7 Å². The Morgan fingerprint density at radius 3 is 2.35 bits per heavy atom. The highest BCUT2D eigenvalue weighted by molar-refractivity contribution is 5.95. The van der Waals surface area contributed by atoms with Gasteiger partial charge < -0.3 is 20.5 Å². The summed E-state index contributed by atoms with van der Waals surface area (Å²) in [6.45, 7) is 8.81. The van der Waals surface area contributed by atoms with Crippen LogP contribution in [0.25, 0.3) is 0 Å². The molecule has 3 N–H and O–H groups in total. The number of carbonyl (C=O) groups is 1. The molecule has 0 unspecified atom stereocenters. The summed E-state index contributed by atoms with van der Waals surface area (Å²) in [7, 11) is 0. The van der Waals surface area contributed by atoms with E-state index in [1.165, 1.54) is 0 Å². The van der Waals surface area contributed by atoms with Crippen LogP contribution in [-0.2, 0) is 4.79 Å². The molecule has 1 aromatic carbocycles. The topological polar surface area (TPSA) is 73.6 Å². The lowest BCUT2D eigenvalue weighted by atomic mass is 9.92. The maximum atomic E-state index is 12.1. The van der Waals surface area contributed by atoms with E-state index >= 15 is 0 Å². The Kier molecular flexibility index (Phi) is 5.82. The minimum Gasteiger partial charge on any atom is -0.490 e. The molecule has 0 saturated carbocycles. The van der Waals surface area contributed by atoms with Crippen LogP contribution in [-0.4, -0.2) is 25.7 Å². The minimum atomic E-state index is -0.607. The van der Waals surface area contributed by atoms with Gasteiger partial charge in [-0.3, -0.25) is 4.79 Å². The average molecular weight is 280 g/mol. The first-order valence-electron chi connectivity index (χ1n) is 6.85. The monoisotopic (exact) mass is 280 g/mol. The van der Waals surface area contributed by atoms with Crippen molar-refractivity contribution in [2.24, 2.45) is 11.1 Å². The van der Waals surface area contributed by atoms with Crippen LogP contribution in [0.2, 0.25) is 0 Å². The van der Waals surface area contributed by atoms with Gasteiger partial charge in [0.1, 0.15) is 0 Å². The van der Waals surface area contributed by atoms with Gasteiger partial charge >= 0.3 is 0 Å². The largest absolute Gasteiger partial charge is 0.490 e. The van der Waals surface area contributed by atoms with E-state index in [0.29, 0.717) is 30.4 Å². The lowest BCUT2D eigenvalue weighted by Gasteiger charge is -2.21. The molecule has 0 spiro atoms. The van der Waals surface area contributed by atoms with Crippen LogP contribution in [0.15, 0.2) is 18.2 Å². The zero-order valence-electron chi connectivity index (χ0n) is 12.7. The van der Waals surface area contributed by atoms with Gasteiger partial charge in [0.25, 0.3) is 0 Å². The highest BCUT2D eigenvalue weighted by atomic mass is 16.5. The van der Waals surface area contributed by atoms with Gasteiger partial charge in [-0.15, -0.1) is 0 Å². The quantitative estimate of drug-likeness (QED) is 0.804. The molecule has 0 aromatic heterocycles. The lowest BCUT2D eigenvalue weighted by molar-refractivity contribution is -0.123. The summed E-state index contributed by atoms with van der Waals surface area (Å²) in [6, 6.07) is 5.34. The summed E-state index contributed by atoms with van der Waals surface area (Å²) < 4.78 is 11.0. The number of nitrogens with two attached hydrogens (primary N) is 1. The smallest absolute Gasteiger partial charge is 0.231 e. The van der Waals surface area contributed by atoms with Gasteiger partial charge in [-0.2, -0.15) is 0 Å². The minimum absolute atomic E-state index is 0.119. The molecule has 0 aliphatic carbocycles. The fourth-order valence-electron chi connectivity index (χ4n) is 1.52. The number of hydrogen-bond acceptors (Lipinski definition) is 4. The van der Waals surface area contributed by atoms with E-state index in [-0.39, 0.29) is 12.5 Å². The van der Waals surface area contributed by atoms with Crippen molar-refractivity contribution >= 4 is 11.6 Å². The van der Waals surface area contributed by atoms with Crippen LogP contribution in [0.4, 0.5) is 5.69 Å². The molecule has 0 heterocycles. The first kappa shape index (κ1) is 16.3. The highest BCUT2D eigenvalue weighted by Gasteiger charge is 2.25. The van der Waals surface area contributed by atoms with E-state index in [9.17, 15) is 4.79 Å². The molecule has 5 heteroatoms. The van der Waals surface area contributed by atoms with Gasteiger partial charge in [-0.05, 0) is 39.8 Å². The Balaban J connectivity index is 2.91. The standard InChI is InChI=1S/C15H24N2O3/c1-5-19-12-8-7-11(9-13(12)20-6-2)17-14(18)15(3,4)10-16/h7-9H,5-6,10,16H2,1-4H3,(H,17,18). The molecule has 0 bridgehead atoms. The third-order valence-corrected chi connectivity index (χ3v) is 2.93. The predicted octanol–water partition coefficient (Wildman–Crippen LogP) is 2.41. The van der Waals surface area contributed by atoms with E-state index in [0.717, 1.165) is 0 Å². The molecule has 0 saturated heterocycles. The van der Waals surface area contributed by atoms with Gasteiger partial charge in [0.05, 0.1) is 18.6 Å². The Morgan fingerprint density at radius 1 is 1.20 bits per heavy atom. The normalized spacial score (nSPS) is 11.1. The molecule has 112 valence electrons. The average Bonchev–Trinajstić information content (AvgIpc) is 2.42. The predicted molar refractivity (Wildman–Crippen MR) is 80.2 cm³/mol. The fraction of sp³-hybridized carbons (Fsp3) is 0.533. The number of amides is 1. The Bertz CT molecular complexity index is 458. The van der Waals surface area contributed by atoms with Crippen molar-refractivity contribution in [3.05, 3.63) is 18.2 Å². The molecule has 1 amide bonds. The Labute approximate surface area is 120 Å². The van der Waals surface area contributed by atoms with Crippen molar-refractivity contribution in [1.82, 2.24) is 0 Å². The van der Waals surface area contributed by atoms with Crippen LogP contribution in [0.3, 0.4) is 0 Å². The molecular formula is C15H24N2O3. The first-order valence-corrected chi connectivity index (χ1v) is 6.85. The van der Waals surface area contributed by atoms with Crippen LogP contribution >= 0.6 is 0 Å². The van der Waals surface area contributed by atoms with Gasteiger partial charge in [-0.1, -0.05) is 0 Å². The molecule has 0 aliphatic rings. The molecule has 0 fully saturated rings. The second-order valence-electron chi connectivity index (χ2n) is 5.07. The van der Waals surface area contributed by atoms with E-state index in [1.807, 2.05) is 13.8 Å². The van der Waals surface area contributed by atoms with E-state index in [2.05, 4.69) is 5.32 Å². The molecule has 1 aromatic rings. The van der Waals surface area contributed by atoms with Gasteiger partial charge in [-0.25, -0.2) is 0 Å². The second kappa shape index (κ2) is 7.14. The molecule has 0 radical (unpaired) electrons. The number of hydrogen-bond donors (Lipinski definition) is 2. The third kappa shape index (κ3) is 4.13. The fourth-order valence-corrected chi connectivity index (χ4v) is 1.52. The zero-order valence-corrected chi connectivity index (χ0v) is 12.7. The van der Waals surface area contributed by atoms with Crippen molar-refractivity contribution in [3.8, 4) is 11.5 Å². The van der Waals surface area contributed by atoms with Crippen LogP contribution in [0.5, 0.6) is 11.5 Å². The number of rotatable bonds is 7. The van der Waals surface area contributed by atoms with Crippen molar-refractivity contribution in [3.63, 3.8) is 0 Å². The van der Waals surface area contributed by atoms with E-state index in [4.69, 9.17) is 15.2 Å². The Hall–Kier alpha value is -1.75. The van der Waals surface area contributed by atoms with Crippen molar-refractivity contribution in [2.75, 3.05) is 25.1 Å². The molecule has 20 heavy (non-hydrogen) atoms. The summed E-state index contributed by atoms with van der Waals surface area (Å²) >= 11 is 0. The molecular weight excluding hydrogens is 256 g/mol. The van der Waals surface area contributed by atoms with Gasteiger partial charge in [0, 0.05) is 18.3 Å². The SMILES string of the molecule is CCOc1ccc(NC(=O)C(C)(C)CN)cc1OCC. The second-order valence-corrected chi connectivity index (χ2v) is 5.07. The van der Waals surface area contributed by atoms with Gasteiger partial charge in [0.2, 0.25) is 5.91 Å². The molecule has 5 nitrogen and oxygen atoms in total. The summed E-state index contributed by atoms with van der Waals surface area (Å²) in [5.74, 6) is 1.18. The number of benzene rings is 1. The first-order chi connectivity index (χ1) is 9.44. The molecule has 1 rings (SSSR count). The highest BCUT2D eigenvalue weighted by Crippen LogP contribution is 2.31. The summed E-state index contributed by atoms with van der Waals surface area (Å²) in [6.07, 6.45) is 0. The van der Waals surface area contributed by atoms with E-state index in [1.54, 1.807) is 32.0 Å². The number of nitrogens with one attached hydrogen (secondary N) is 1. The van der Waals surface area contributed by atoms with E-state index < -0.39 is 5.41 Å². The maximum Gasteiger partial charge on any atom is 0.231 e. The van der Waals surface area contributed by atoms with Crippen molar-refractivity contribution in [2.45, 2.75) is 27.7 Å². The Morgan fingerprint density at radius 2 is 1.80 bits per heavy atom. The van der Waals surface area contributed by atoms with Crippen LogP contribution < -0.4 is 20.5 Å². The number of anilines is 1. The van der Waals surface area contributed by atoms with Crippen molar-refractivity contribution in [1.29, 1.82) is 0 Å². The lowest BCUT2D eigenvalue weighted by Crippen LogP contribution is -2.37. The molecule has 0 aliphatic heterocycles. The van der Waals surface area contributed by atoms with Gasteiger partial charge in [0.15, 0.2) is 11.5 Å². The maximum absolute atomic E-state index is 12.1. The zero-order chi connectivity index (χ0) is 15.2. The summed E-state index contributed by atoms with van der Waals surface area (Å²) in [5.41, 5.74) is 5.66. The third-order valence-electron chi connectivity index (χ3n) is 2.93. The van der Waals surface area contributed by atoms with Crippen molar-refractivity contribution < 1.29 is 14.3 Å². The molecule has 0 atom stereocenters. The number of carbonyl (C=O) groups excluding carboxylic acids is 1. The van der Waals surface area contributed by atoms with Crippen LogP contribution in [0, 0.1) is 5.41 Å². The summed E-state index contributed by atoms with van der Waals surface area (Å²) in [4.78, 5) is 12.1. The summed E-state index contributed by atoms with van der Waals surface area (Å²) in [5, 5.41) is 2.85. The number of ether oxygens (including phenoxy) is 2.